The van der Waals surface area contributed by atoms with Gasteiger partial charge >= 0.3 is 6.18 Å². The predicted octanol–water partition coefficient (Wildman–Crippen LogP) is 3.36. The molecule has 1 saturated carbocycles. The number of rotatable bonds is 9. The Morgan fingerprint density at radius 1 is 1.17 bits per heavy atom. The molecule has 2 atom stereocenters. The molecule has 12 heteroatoms. The molecule has 1 amide bonds. The maximum absolute atomic E-state index is 15.4. The molecule has 4 rings (SSSR count). The van der Waals surface area contributed by atoms with Gasteiger partial charge in [0.1, 0.15) is 12.5 Å². The number of likely N-dealkylation sites (tertiary alicyclic amines) is 1. The lowest BCUT2D eigenvalue weighted by molar-refractivity contribution is -0.137. The van der Waals surface area contributed by atoms with E-state index < -0.39 is 29.6 Å². The zero-order valence-electron chi connectivity index (χ0n) is 18.9. The van der Waals surface area contributed by atoms with E-state index in [1.54, 1.807) is 9.80 Å². The first-order valence-electron chi connectivity index (χ1n) is 11.4. The third kappa shape index (κ3) is 6.36. The van der Waals surface area contributed by atoms with Gasteiger partial charge in [-0.2, -0.15) is 17.6 Å². The average Bonchev–Trinajstić information content (AvgIpc) is 3.63. The molecule has 3 N–H and O–H groups in total. The van der Waals surface area contributed by atoms with Crippen LogP contribution in [-0.4, -0.2) is 59.2 Å². The van der Waals surface area contributed by atoms with E-state index in [0.717, 1.165) is 25.0 Å². The molecule has 0 bridgehead atoms. The molecule has 1 saturated heterocycles. The highest BCUT2D eigenvalue weighted by atomic mass is 19.4. The minimum absolute atomic E-state index is 0.000397. The Balaban J connectivity index is 1.42. The SMILES string of the molecule is NC(=O)CN1CCC(CNc2ncnc(N(Cc3ccc(C(F)(F)F)cc3)C3CC3)c2F)C(F)C1. The summed E-state index contributed by atoms with van der Waals surface area (Å²) in [5.41, 5.74) is 5.02. The Hall–Kier alpha value is -3.02. The Kier molecular flexibility index (Phi) is 7.39. The van der Waals surface area contributed by atoms with Crippen LogP contribution in [0.25, 0.3) is 0 Å². The molecule has 2 unspecified atom stereocenters. The molecule has 2 heterocycles. The lowest BCUT2D eigenvalue weighted by atomic mass is 9.95. The van der Waals surface area contributed by atoms with Crippen molar-refractivity contribution in [1.82, 2.24) is 14.9 Å². The summed E-state index contributed by atoms with van der Waals surface area (Å²) in [5.74, 6) is -1.59. The minimum Gasteiger partial charge on any atom is -0.369 e. The largest absolute Gasteiger partial charge is 0.416 e. The van der Waals surface area contributed by atoms with E-state index in [2.05, 4.69) is 15.3 Å². The van der Waals surface area contributed by atoms with Crippen molar-refractivity contribution in [3.8, 4) is 0 Å². The highest BCUT2D eigenvalue weighted by Gasteiger charge is 2.34. The van der Waals surface area contributed by atoms with Gasteiger partial charge in [0.05, 0.1) is 12.1 Å². The van der Waals surface area contributed by atoms with E-state index in [4.69, 9.17) is 5.73 Å². The van der Waals surface area contributed by atoms with Crippen molar-refractivity contribution >= 4 is 17.5 Å². The molecule has 1 aromatic carbocycles. The van der Waals surface area contributed by atoms with Gasteiger partial charge in [-0.1, -0.05) is 12.1 Å². The summed E-state index contributed by atoms with van der Waals surface area (Å²) >= 11 is 0. The van der Waals surface area contributed by atoms with Gasteiger partial charge in [-0.15, -0.1) is 0 Å². The van der Waals surface area contributed by atoms with E-state index in [9.17, 15) is 22.4 Å². The van der Waals surface area contributed by atoms with Gasteiger partial charge in [0.15, 0.2) is 11.6 Å². The van der Waals surface area contributed by atoms with Crippen molar-refractivity contribution < 1.29 is 26.7 Å². The zero-order valence-corrected chi connectivity index (χ0v) is 18.9. The number of amides is 1. The Morgan fingerprint density at radius 2 is 1.89 bits per heavy atom. The molecule has 2 fully saturated rings. The van der Waals surface area contributed by atoms with E-state index in [1.165, 1.54) is 18.5 Å². The molecule has 2 aromatic rings. The van der Waals surface area contributed by atoms with Crippen LogP contribution in [0.5, 0.6) is 0 Å². The molecule has 35 heavy (non-hydrogen) atoms. The molecule has 0 spiro atoms. The van der Waals surface area contributed by atoms with E-state index >= 15 is 4.39 Å². The number of alkyl halides is 4. The van der Waals surface area contributed by atoms with E-state index in [1.807, 2.05) is 0 Å². The number of halogens is 5. The third-order valence-corrected chi connectivity index (χ3v) is 6.34. The predicted molar refractivity (Wildman–Crippen MR) is 120 cm³/mol. The summed E-state index contributed by atoms with van der Waals surface area (Å²) in [5, 5.41) is 2.88. The van der Waals surface area contributed by atoms with Crippen molar-refractivity contribution in [1.29, 1.82) is 0 Å². The standard InChI is InChI=1S/C23H27F5N6O/c24-18-11-33(12-19(29)35)8-7-15(18)9-30-21-20(25)22(32-13-31-21)34(17-5-6-17)10-14-1-3-16(4-2-14)23(26,27)28/h1-4,13,15,17-18H,5-12H2,(H2,29,35)(H,30,31,32). The highest BCUT2D eigenvalue weighted by molar-refractivity contribution is 5.75. The number of anilines is 2. The van der Waals surface area contributed by atoms with Crippen molar-refractivity contribution in [3.63, 3.8) is 0 Å². The molecular formula is C23H27F5N6O. The molecule has 190 valence electrons. The molecule has 2 aliphatic rings. The van der Waals surface area contributed by atoms with Crippen molar-refractivity contribution in [2.45, 2.75) is 44.2 Å². The first-order chi connectivity index (χ1) is 16.6. The molecule has 0 radical (unpaired) electrons. The maximum Gasteiger partial charge on any atom is 0.416 e. The molecule has 1 aliphatic heterocycles. The van der Waals surface area contributed by atoms with Gasteiger partial charge in [-0.25, -0.2) is 14.4 Å². The minimum atomic E-state index is -4.43. The number of benzene rings is 1. The number of primary amides is 1. The zero-order chi connectivity index (χ0) is 25.2. The number of nitrogens with zero attached hydrogens (tertiary/aromatic N) is 4. The van der Waals surface area contributed by atoms with Crippen LogP contribution in [0.2, 0.25) is 0 Å². The van der Waals surface area contributed by atoms with Crippen molar-refractivity contribution in [2.75, 3.05) is 36.4 Å². The lowest BCUT2D eigenvalue weighted by Gasteiger charge is -2.34. The van der Waals surface area contributed by atoms with Gasteiger partial charge in [0.2, 0.25) is 11.7 Å². The monoisotopic (exact) mass is 498 g/mol. The summed E-state index contributed by atoms with van der Waals surface area (Å²) < 4.78 is 68.5. The first-order valence-corrected chi connectivity index (χ1v) is 11.4. The number of hydrogen-bond donors (Lipinski definition) is 2. The van der Waals surface area contributed by atoms with Crippen LogP contribution in [0, 0.1) is 11.7 Å². The number of carbonyl (C=O) groups is 1. The van der Waals surface area contributed by atoms with Crippen LogP contribution < -0.4 is 16.0 Å². The second kappa shape index (κ2) is 10.3. The van der Waals surface area contributed by atoms with Gasteiger partial charge in [0.25, 0.3) is 0 Å². The normalized spacial score (nSPS) is 21.1. The Morgan fingerprint density at radius 3 is 2.49 bits per heavy atom. The topological polar surface area (TPSA) is 87.4 Å². The van der Waals surface area contributed by atoms with Gasteiger partial charge < -0.3 is 16.0 Å². The summed E-state index contributed by atoms with van der Waals surface area (Å²) in [6.45, 7) is 0.938. The summed E-state index contributed by atoms with van der Waals surface area (Å²) in [6, 6.07) is 4.79. The fourth-order valence-electron chi connectivity index (χ4n) is 4.28. The lowest BCUT2D eigenvalue weighted by Crippen LogP contribution is -2.46. The molecular weight excluding hydrogens is 471 g/mol. The number of nitrogens with one attached hydrogen (secondary N) is 1. The van der Waals surface area contributed by atoms with Gasteiger partial charge in [-0.05, 0) is 43.5 Å². The van der Waals surface area contributed by atoms with Crippen LogP contribution in [-0.2, 0) is 17.5 Å². The van der Waals surface area contributed by atoms with Crippen LogP contribution >= 0.6 is 0 Å². The van der Waals surface area contributed by atoms with E-state index in [-0.39, 0.29) is 49.8 Å². The van der Waals surface area contributed by atoms with Gasteiger partial charge in [0, 0.05) is 31.6 Å². The molecule has 7 nitrogen and oxygen atoms in total. The fraction of sp³-hybridized carbons (Fsp3) is 0.522. The van der Waals surface area contributed by atoms with Crippen molar-refractivity contribution in [3.05, 3.63) is 47.5 Å². The van der Waals surface area contributed by atoms with E-state index in [0.29, 0.717) is 18.5 Å². The number of aromatic nitrogens is 2. The van der Waals surface area contributed by atoms with Crippen LogP contribution in [0.15, 0.2) is 30.6 Å². The van der Waals surface area contributed by atoms with Crippen molar-refractivity contribution in [2.24, 2.45) is 11.7 Å². The second-order valence-corrected chi connectivity index (χ2v) is 9.06. The summed E-state index contributed by atoms with van der Waals surface area (Å²) in [6.07, 6.45) is -2.30. The molecule has 1 aromatic heterocycles. The number of nitrogens with two attached hydrogens (primary N) is 1. The third-order valence-electron chi connectivity index (χ3n) is 6.34. The Labute approximate surface area is 199 Å². The number of carbonyl (C=O) groups excluding carboxylic acids is 1. The maximum atomic E-state index is 15.4. The average molecular weight is 499 g/mol. The van der Waals surface area contributed by atoms with Crippen LogP contribution in [0.3, 0.4) is 0 Å². The summed E-state index contributed by atoms with van der Waals surface area (Å²) in [4.78, 5) is 22.5. The number of hydrogen-bond acceptors (Lipinski definition) is 6. The Bertz CT molecular complexity index is 1030. The quantitative estimate of drug-likeness (QED) is 0.516. The first kappa shape index (κ1) is 25.1. The second-order valence-electron chi connectivity index (χ2n) is 9.06. The summed E-state index contributed by atoms with van der Waals surface area (Å²) in [7, 11) is 0. The van der Waals surface area contributed by atoms with Crippen LogP contribution in [0.1, 0.15) is 30.4 Å². The smallest absolute Gasteiger partial charge is 0.369 e. The van der Waals surface area contributed by atoms with Gasteiger partial charge in [-0.3, -0.25) is 9.69 Å². The highest BCUT2D eigenvalue weighted by Crippen LogP contribution is 2.35. The molecule has 1 aliphatic carbocycles. The fourth-order valence-corrected chi connectivity index (χ4v) is 4.28. The number of piperidine rings is 1. The van der Waals surface area contributed by atoms with Crippen LogP contribution in [0.4, 0.5) is 33.6 Å².